The molecule has 1 aliphatic heterocycles. The van der Waals surface area contributed by atoms with Crippen LogP contribution in [0.2, 0.25) is 0 Å². The Hall–Kier alpha value is -0.710. The lowest BCUT2D eigenvalue weighted by Gasteiger charge is -2.15. The van der Waals surface area contributed by atoms with Gasteiger partial charge in [-0.2, -0.15) is 0 Å². The average Bonchev–Trinajstić information content (AvgIpc) is 2.16. The summed E-state index contributed by atoms with van der Waals surface area (Å²) in [6, 6.07) is 0. The summed E-state index contributed by atoms with van der Waals surface area (Å²) in [5, 5.41) is 11.0. The van der Waals surface area contributed by atoms with Gasteiger partial charge in [-0.3, -0.25) is 10.1 Å². The lowest BCUT2D eigenvalue weighted by molar-refractivity contribution is -0.403. The zero-order valence-electron chi connectivity index (χ0n) is 7.02. The van der Waals surface area contributed by atoms with Crippen LogP contribution in [-0.2, 0) is 0 Å². The van der Waals surface area contributed by atoms with Gasteiger partial charge in [-0.05, 0) is 18.6 Å². The molecule has 0 atom stereocenters. The Morgan fingerprint density at radius 2 is 2.42 bits per heavy atom. The number of nitro groups is 1. The van der Waals surface area contributed by atoms with Crippen molar-refractivity contribution >= 4 is 11.8 Å². The first-order valence-electron chi connectivity index (χ1n) is 3.89. The lowest BCUT2D eigenvalue weighted by atomic mass is 10.3. The second-order valence-electron chi connectivity index (χ2n) is 2.73. The molecular weight excluding hydrogens is 176 g/mol. The van der Waals surface area contributed by atoms with Crippen LogP contribution in [0.4, 0.5) is 0 Å². The van der Waals surface area contributed by atoms with E-state index in [2.05, 4.69) is 0 Å². The van der Waals surface area contributed by atoms with Crippen molar-refractivity contribution in [3.8, 4) is 0 Å². The smallest absolute Gasteiger partial charge is 0.264 e. The van der Waals surface area contributed by atoms with Gasteiger partial charge in [0.25, 0.3) is 6.20 Å². The molecule has 0 aromatic rings. The summed E-state index contributed by atoms with van der Waals surface area (Å²) in [5.41, 5.74) is 0. The van der Waals surface area contributed by atoms with Gasteiger partial charge >= 0.3 is 0 Å². The Labute approximate surface area is 75.8 Å². The van der Waals surface area contributed by atoms with Gasteiger partial charge in [0.1, 0.15) is 5.03 Å². The van der Waals surface area contributed by atoms with E-state index in [1.165, 1.54) is 0 Å². The molecule has 12 heavy (non-hydrogen) atoms. The molecule has 1 aliphatic rings. The topological polar surface area (TPSA) is 46.4 Å². The number of nitrogens with zero attached hydrogens (tertiary/aromatic N) is 2. The first kappa shape index (κ1) is 9.38. The summed E-state index contributed by atoms with van der Waals surface area (Å²) in [6.45, 7) is 0.923. The highest BCUT2D eigenvalue weighted by atomic mass is 32.2. The summed E-state index contributed by atoms with van der Waals surface area (Å²) in [4.78, 5) is 11.8. The number of rotatable bonds is 1. The Morgan fingerprint density at radius 1 is 1.67 bits per heavy atom. The predicted molar refractivity (Wildman–Crippen MR) is 49.4 cm³/mol. The summed E-state index contributed by atoms with van der Waals surface area (Å²) >= 11 is 1.57. The third kappa shape index (κ3) is 2.73. The van der Waals surface area contributed by atoms with Crippen LogP contribution < -0.4 is 0 Å². The fraction of sp³-hybridized carbons (Fsp3) is 0.714. The third-order valence-corrected chi connectivity index (χ3v) is 2.94. The molecule has 0 saturated carbocycles. The minimum Gasteiger partial charge on any atom is -0.364 e. The van der Waals surface area contributed by atoms with Gasteiger partial charge in [0, 0.05) is 13.6 Å². The Balaban J connectivity index is 2.64. The van der Waals surface area contributed by atoms with Crippen molar-refractivity contribution < 1.29 is 4.92 Å². The zero-order valence-corrected chi connectivity index (χ0v) is 7.84. The molecule has 0 radical (unpaired) electrons. The van der Waals surface area contributed by atoms with Gasteiger partial charge in [-0.25, -0.2) is 0 Å². The van der Waals surface area contributed by atoms with E-state index >= 15 is 0 Å². The monoisotopic (exact) mass is 188 g/mol. The Bertz CT molecular complexity index is 206. The number of thioether (sulfide) groups is 1. The van der Waals surface area contributed by atoms with Gasteiger partial charge in [-0.15, -0.1) is 11.8 Å². The van der Waals surface area contributed by atoms with E-state index in [9.17, 15) is 10.1 Å². The molecule has 5 heteroatoms. The second kappa shape index (κ2) is 4.35. The highest BCUT2D eigenvalue weighted by Crippen LogP contribution is 2.24. The maximum atomic E-state index is 10.2. The molecule has 0 aromatic carbocycles. The van der Waals surface area contributed by atoms with E-state index in [-0.39, 0.29) is 4.92 Å². The molecule has 0 spiro atoms. The van der Waals surface area contributed by atoms with Crippen LogP contribution in [0.5, 0.6) is 0 Å². The van der Waals surface area contributed by atoms with Crippen LogP contribution in [-0.4, -0.2) is 29.2 Å². The first-order valence-corrected chi connectivity index (χ1v) is 4.88. The standard InChI is InChI=1S/C7H12N2O2S/c1-8-4-2-3-5-12-7(8)6-9(10)11/h6H,2-5H2,1H3. The van der Waals surface area contributed by atoms with Gasteiger partial charge < -0.3 is 4.90 Å². The van der Waals surface area contributed by atoms with Crippen molar-refractivity contribution in [2.75, 3.05) is 19.3 Å². The maximum Gasteiger partial charge on any atom is 0.264 e. The highest BCUT2D eigenvalue weighted by Gasteiger charge is 2.12. The third-order valence-electron chi connectivity index (χ3n) is 1.73. The van der Waals surface area contributed by atoms with Gasteiger partial charge in [-0.1, -0.05) is 0 Å². The van der Waals surface area contributed by atoms with Crippen LogP contribution in [0.25, 0.3) is 0 Å². The Kier molecular flexibility index (Phi) is 3.40. The largest absolute Gasteiger partial charge is 0.364 e. The van der Waals surface area contributed by atoms with E-state index < -0.39 is 0 Å². The molecule has 68 valence electrons. The molecule has 1 rings (SSSR count). The normalized spacial score (nSPS) is 22.4. The second-order valence-corrected chi connectivity index (χ2v) is 3.85. The molecule has 0 aliphatic carbocycles. The molecule has 0 N–H and O–H groups in total. The summed E-state index contributed by atoms with van der Waals surface area (Å²) < 4.78 is 0. The fourth-order valence-electron chi connectivity index (χ4n) is 1.07. The number of hydrogen-bond donors (Lipinski definition) is 0. The minimum absolute atomic E-state index is 0.385. The SMILES string of the molecule is CN1CCCCSC1=C[N+](=O)[O-]. The molecule has 0 bridgehead atoms. The summed E-state index contributed by atoms with van der Waals surface area (Å²) in [5.74, 6) is 0.990. The summed E-state index contributed by atoms with van der Waals surface area (Å²) in [7, 11) is 1.90. The van der Waals surface area contributed by atoms with E-state index in [0.717, 1.165) is 36.4 Å². The van der Waals surface area contributed by atoms with Crippen LogP contribution in [0.3, 0.4) is 0 Å². The van der Waals surface area contributed by atoms with Crippen molar-refractivity contribution in [3.63, 3.8) is 0 Å². The average molecular weight is 188 g/mol. The zero-order chi connectivity index (χ0) is 8.97. The van der Waals surface area contributed by atoms with Crippen molar-refractivity contribution in [1.29, 1.82) is 0 Å². The van der Waals surface area contributed by atoms with Crippen LogP contribution in [0.1, 0.15) is 12.8 Å². The van der Waals surface area contributed by atoms with E-state index in [0.29, 0.717) is 0 Å². The first-order chi connectivity index (χ1) is 5.70. The molecule has 4 nitrogen and oxygen atoms in total. The van der Waals surface area contributed by atoms with Crippen LogP contribution in [0.15, 0.2) is 11.2 Å². The molecule has 1 saturated heterocycles. The fourth-order valence-corrected chi connectivity index (χ4v) is 2.10. The van der Waals surface area contributed by atoms with Crippen molar-refractivity contribution in [3.05, 3.63) is 21.3 Å². The van der Waals surface area contributed by atoms with E-state index in [1.54, 1.807) is 11.8 Å². The molecule has 0 amide bonds. The quantitative estimate of drug-likeness (QED) is 0.462. The predicted octanol–water partition coefficient (Wildman–Crippen LogP) is 1.52. The Morgan fingerprint density at radius 3 is 3.08 bits per heavy atom. The van der Waals surface area contributed by atoms with Gasteiger partial charge in [0.05, 0.1) is 4.92 Å². The van der Waals surface area contributed by atoms with Crippen molar-refractivity contribution in [2.45, 2.75) is 12.8 Å². The molecule has 1 fully saturated rings. The van der Waals surface area contributed by atoms with Crippen LogP contribution >= 0.6 is 11.8 Å². The van der Waals surface area contributed by atoms with Crippen molar-refractivity contribution in [2.24, 2.45) is 0 Å². The molecule has 0 unspecified atom stereocenters. The van der Waals surface area contributed by atoms with Crippen molar-refractivity contribution in [1.82, 2.24) is 4.90 Å². The van der Waals surface area contributed by atoms with E-state index in [4.69, 9.17) is 0 Å². The van der Waals surface area contributed by atoms with Crippen LogP contribution in [0, 0.1) is 10.1 Å². The van der Waals surface area contributed by atoms with Gasteiger partial charge in [0.15, 0.2) is 0 Å². The minimum atomic E-state index is -0.385. The van der Waals surface area contributed by atoms with Gasteiger partial charge in [0.2, 0.25) is 0 Å². The van der Waals surface area contributed by atoms with E-state index in [1.807, 2.05) is 11.9 Å². The maximum absolute atomic E-state index is 10.2. The molecule has 1 heterocycles. The molecule has 0 aromatic heterocycles. The lowest BCUT2D eigenvalue weighted by Crippen LogP contribution is -2.16. The highest BCUT2D eigenvalue weighted by molar-refractivity contribution is 8.02. The summed E-state index contributed by atoms with van der Waals surface area (Å²) in [6.07, 6.45) is 3.36. The molecular formula is C7H12N2O2S. The number of hydrogen-bond acceptors (Lipinski definition) is 4.